The molecule has 302 valence electrons. The maximum absolute atomic E-state index is 14.8. The van der Waals surface area contributed by atoms with E-state index < -0.39 is 92.0 Å². The molecule has 0 saturated carbocycles. The van der Waals surface area contributed by atoms with Crippen molar-refractivity contribution in [3.8, 4) is 11.5 Å². The van der Waals surface area contributed by atoms with Crippen LogP contribution < -0.4 is 15.7 Å². The van der Waals surface area contributed by atoms with Crippen molar-refractivity contribution >= 4 is 45.2 Å². The summed E-state index contributed by atoms with van der Waals surface area (Å²) in [7, 11) is -5.30. The van der Waals surface area contributed by atoms with E-state index in [9.17, 15) is 45.9 Å². The number of alkyl carbamates (subject to hydrolysis) is 1. The Labute approximate surface area is 316 Å². The van der Waals surface area contributed by atoms with E-state index >= 15 is 0 Å². The van der Waals surface area contributed by atoms with Gasteiger partial charge in [-0.05, 0) is 98.2 Å². The Morgan fingerprint density at radius 2 is 1.35 bits per heavy atom. The van der Waals surface area contributed by atoms with Crippen LogP contribution >= 0.6 is 0 Å². The lowest BCUT2D eigenvalue weighted by molar-refractivity contribution is -0.269. The van der Waals surface area contributed by atoms with Gasteiger partial charge in [-0.1, -0.05) is 12.1 Å². The van der Waals surface area contributed by atoms with Crippen molar-refractivity contribution < 1.29 is 64.4 Å². The summed E-state index contributed by atoms with van der Waals surface area (Å²) in [4.78, 5) is 50.3. The molecule has 0 spiro atoms. The number of rotatable bonds is 12. The molecule has 55 heavy (non-hydrogen) atoms. The molecule has 0 fully saturated rings. The lowest BCUT2D eigenvalue weighted by Gasteiger charge is -2.33. The Balaban J connectivity index is 1.97. The average molecular weight is 799 g/mol. The second kappa shape index (κ2) is 16.4. The summed E-state index contributed by atoms with van der Waals surface area (Å²) in [5.41, 5.74) is -8.65. The van der Waals surface area contributed by atoms with Crippen LogP contribution in [0.5, 0.6) is 11.5 Å². The number of sulfonamides is 1. The van der Waals surface area contributed by atoms with Gasteiger partial charge >= 0.3 is 29.8 Å². The largest absolute Gasteiger partial charge is 0.459 e. The highest BCUT2D eigenvalue weighted by Gasteiger charge is 2.58. The number of carbonyl (C=O) groups excluding carboxylic acids is 3. The van der Waals surface area contributed by atoms with E-state index in [1.807, 2.05) is 0 Å². The molecule has 14 nitrogen and oxygen atoms in total. The lowest BCUT2D eigenvalue weighted by Crippen LogP contribution is -2.49. The van der Waals surface area contributed by atoms with Crippen LogP contribution in [0.1, 0.15) is 80.7 Å². The van der Waals surface area contributed by atoms with Crippen LogP contribution in [0.4, 0.5) is 18.0 Å². The molecular formula is C37H45F3N2O12S. The summed E-state index contributed by atoms with van der Waals surface area (Å²) in [5.74, 6) is -2.51. The molecule has 3 atom stereocenters. The number of carbonyl (C=O) groups is 3. The number of halogens is 3. The highest BCUT2D eigenvalue weighted by atomic mass is 32.2. The Hall–Kier alpha value is -4.97. The first kappa shape index (κ1) is 44.4. The van der Waals surface area contributed by atoms with Gasteiger partial charge in [-0.15, -0.1) is 0 Å². The number of ether oxygens (including phenoxy) is 4. The van der Waals surface area contributed by atoms with Crippen molar-refractivity contribution in [3.05, 3.63) is 70.6 Å². The van der Waals surface area contributed by atoms with Gasteiger partial charge in [0.05, 0.1) is 0 Å². The monoisotopic (exact) mass is 798 g/mol. The molecular weight excluding hydrogens is 753 g/mol. The van der Waals surface area contributed by atoms with Crippen molar-refractivity contribution in [3.63, 3.8) is 0 Å². The molecule has 0 unspecified atom stereocenters. The Morgan fingerprint density at radius 3 is 1.89 bits per heavy atom. The minimum atomic E-state index is -5.55. The smallest absolute Gasteiger partial charge is 0.421 e. The number of esters is 2. The normalized spacial score (nSPS) is 15.1. The molecule has 3 aromatic rings. The van der Waals surface area contributed by atoms with E-state index in [1.165, 1.54) is 65.8 Å². The first-order valence-electron chi connectivity index (χ1n) is 16.8. The number of hydrogen-bond acceptors (Lipinski definition) is 12. The van der Waals surface area contributed by atoms with E-state index in [0.29, 0.717) is 11.6 Å². The van der Waals surface area contributed by atoms with Crippen LogP contribution in [0.15, 0.2) is 68.2 Å². The van der Waals surface area contributed by atoms with E-state index in [2.05, 4.69) is 9.71 Å². The SMILES string of the molecule is CC(C)(C)OC(=O)N[C@@H](C/C=N/S(=O)(=O)[C@@H](C[C@](O)(c1ccc(Oc2ccc3ccc(=O)oc3c2)cc1)C(F)(F)F)C(=O)OC(C)(C)C)C(=O)OC(C)(C)C. The molecule has 1 amide bonds. The number of fused-ring (bicyclic) bond motifs is 1. The zero-order valence-electron chi connectivity index (χ0n) is 31.8. The van der Waals surface area contributed by atoms with E-state index in [0.717, 1.165) is 24.3 Å². The molecule has 1 aromatic heterocycles. The summed E-state index contributed by atoms with van der Waals surface area (Å²) in [6.07, 6.45) is -8.47. The van der Waals surface area contributed by atoms with Gasteiger partial charge in [0, 0.05) is 36.6 Å². The molecule has 0 saturated heterocycles. The number of nitrogens with zero attached hydrogens (tertiary/aromatic N) is 1. The fourth-order valence-corrected chi connectivity index (χ4v) is 5.93. The minimum absolute atomic E-state index is 0.00801. The second-order valence-corrected chi connectivity index (χ2v) is 17.2. The zero-order valence-corrected chi connectivity index (χ0v) is 32.6. The van der Waals surface area contributed by atoms with Gasteiger partial charge in [0.25, 0.3) is 10.0 Å². The van der Waals surface area contributed by atoms with Gasteiger partial charge in [-0.2, -0.15) is 17.6 Å². The molecule has 0 bridgehead atoms. The number of aliphatic hydroxyl groups is 1. The highest BCUT2D eigenvalue weighted by Crippen LogP contribution is 2.44. The van der Waals surface area contributed by atoms with Gasteiger partial charge in [-0.25, -0.2) is 22.8 Å². The van der Waals surface area contributed by atoms with Gasteiger partial charge in [0.15, 0.2) is 10.9 Å². The van der Waals surface area contributed by atoms with Crippen LogP contribution in [0.25, 0.3) is 11.0 Å². The maximum Gasteiger partial charge on any atom is 0.421 e. The van der Waals surface area contributed by atoms with Crippen molar-refractivity contribution in [2.45, 2.75) is 115 Å². The van der Waals surface area contributed by atoms with Gasteiger partial charge in [0.1, 0.15) is 39.9 Å². The summed E-state index contributed by atoms with van der Waals surface area (Å²) in [5, 5.41) is 11.4. The Bertz CT molecular complexity index is 2060. The molecule has 0 aliphatic heterocycles. The Morgan fingerprint density at radius 1 is 0.818 bits per heavy atom. The van der Waals surface area contributed by atoms with Crippen molar-refractivity contribution in [1.29, 1.82) is 0 Å². The third-order valence-corrected chi connectivity index (χ3v) is 8.61. The predicted molar refractivity (Wildman–Crippen MR) is 194 cm³/mol. The third-order valence-electron chi connectivity index (χ3n) is 7.09. The first-order valence-corrected chi connectivity index (χ1v) is 18.3. The quantitative estimate of drug-likeness (QED) is 0.0879. The summed E-state index contributed by atoms with van der Waals surface area (Å²) >= 11 is 0. The zero-order chi connectivity index (χ0) is 41.8. The summed E-state index contributed by atoms with van der Waals surface area (Å²) in [6, 6.07) is 9.47. The van der Waals surface area contributed by atoms with Crippen LogP contribution in [0, 0.1) is 0 Å². The van der Waals surface area contributed by atoms with Gasteiger partial charge in [-0.3, -0.25) is 4.79 Å². The van der Waals surface area contributed by atoms with E-state index in [-0.39, 0.29) is 17.1 Å². The van der Waals surface area contributed by atoms with Crippen LogP contribution in [0.3, 0.4) is 0 Å². The standard InChI is InChI=1S/C37H45F3N2O12S/c1-33(2,3)52-30(44)26(42-32(46)54-35(7,8)9)18-19-41-55(48,49)28(31(45)53-34(4,5)6)21-36(47,37(38,39)40)23-12-15-24(16-13-23)50-25-14-10-22-11-17-29(43)51-27(22)20-25/h10-17,19-20,26,28,47H,18,21H2,1-9H3,(H,42,46)/b41-19+/t26-,28-,36-/m0/s1. The fourth-order valence-electron chi connectivity index (χ4n) is 4.75. The first-order chi connectivity index (χ1) is 25.0. The molecule has 3 rings (SSSR count). The topological polar surface area (TPSA) is 197 Å². The van der Waals surface area contributed by atoms with Crippen LogP contribution in [0.2, 0.25) is 0 Å². The number of nitrogens with one attached hydrogen (secondary N) is 1. The van der Waals surface area contributed by atoms with Gasteiger partial charge < -0.3 is 33.8 Å². The number of hydrogen-bond donors (Lipinski definition) is 2. The molecule has 1 heterocycles. The number of alkyl halides is 3. The minimum Gasteiger partial charge on any atom is -0.459 e. The second-order valence-electron chi connectivity index (χ2n) is 15.4. The van der Waals surface area contributed by atoms with Crippen molar-refractivity contribution in [2.75, 3.05) is 0 Å². The highest BCUT2D eigenvalue weighted by molar-refractivity contribution is 7.91. The summed E-state index contributed by atoms with van der Waals surface area (Å²) < 4.78 is 101. The number of amides is 1. The molecule has 2 aromatic carbocycles. The number of benzene rings is 2. The molecule has 18 heteroatoms. The summed E-state index contributed by atoms with van der Waals surface area (Å²) in [6.45, 7) is 13.3. The lowest BCUT2D eigenvalue weighted by atomic mass is 9.88. The maximum atomic E-state index is 14.8. The van der Waals surface area contributed by atoms with Crippen LogP contribution in [-0.4, -0.2) is 72.0 Å². The van der Waals surface area contributed by atoms with Crippen molar-refractivity contribution in [1.82, 2.24) is 5.32 Å². The molecule has 0 aliphatic carbocycles. The van der Waals surface area contributed by atoms with Crippen LogP contribution in [-0.2, 0) is 39.4 Å². The molecule has 0 radical (unpaired) electrons. The fraction of sp³-hybridized carbons (Fsp3) is 0.486. The molecule has 2 N–H and O–H groups in total. The average Bonchev–Trinajstić information content (AvgIpc) is 3.00. The van der Waals surface area contributed by atoms with Crippen molar-refractivity contribution in [2.24, 2.45) is 4.40 Å². The third kappa shape index (κ3) is 13.1. The predicted octanol–water partition coefficient (Wildman–Crippen LogP) is 6.46. The van der Waals surface area contributed by atoms with Gasteiger partial charge in [0.2, 0.25) is 0 Å². The molecule has 0 aliphatic rings. The Kier molecular flexibility index (Phi) is 13.3. The van der Waals surface area contributed by atoms with E-state index in [1.54, 1.807) is 26.8 Å². The van der Waals surface area contributed by atoms with E-state index in [4.69, 9.17) is 23.4 Å².